The number of nitrogens with zero attached hydrogens (tertiary/aromatic N) is 2. The Morgan fingerprint density at radius 2 is 2.15 bits per heavy atom. The van der Waals surface area contributed by atoms with Gasteiger partial charge in [-0.15, -0.1) is 24.0 Å². The summed E-state index contributed by atoms with van der Waals surface area (Å²) in [6.45, 7) is 9.29. The van der Waals surface area contributed by atoms with Crippen LogP contribution in [0.1, 0.15) is 30.9 Å². The molecule has 0 aliphatic carbocycles. The van der Waals surface area contributed by atoms with Gasteiger partial charge in [0.15, 0.2) is 5.96 Å². The van der Waals surface area contributed by atoms with Gasteiger partial charge in [-0.05, 0) is 44.9 Å². The van der Waals surface area contributed by atoms with Gasteiger partial charge in [0.2, 0.25) is 0 Å². The highest BCUT2D eigenvalue weighted by Gasteiger charge is 2.23. The maximum absolute atomic E-state index is 5.76. The number of ether oxygens (including phenoxy) is 2. The number of rotatable bonds is 9. The van der Waals surface area contributed by atoms with Crippen LogP contribution in [-0.2, 0) is 11.3 Å². The molecule has 1 atom stereocenters. The first-order valence-corrected chi connectivity index (χ1v) is 9.57. The van der Waals surface area contributed by atoms with Gasteiger partial charge < -0.3 is 20.1 Å². The lowest BCUT2D eigenvalue weighted by molar-refractivity contribution is 0.141. The number of hydrogen-bond donors (Lipinski definition) is 2. The molecule has 154 valence electrons. The normalized spacial score (nSPS) is 17.5. The Morgan fingerprint density at radius 1 is 1.33 bits per heavy atom. The molecule has 2 rings (SSSR count). The molecule has 7 heteroatoms. The third kappa shape index (κ3) is 7.83. The Balaban J connectivity index is 0.00000364. The van der Waals surface area contributed by atoms with Crippen LogP contribution in [0.5, 0.6) is 5.75 Å². The molecule has 2 N–H and O–H groups in total. The summed E-state index contributed by atoms with van der Waals surface area (Å²) in [5, 5.41) is 6.87. The Bertz CT molecular complexity index is 583. The highest BCUT2D eigenvalue weighted by atomic mass is 127. The van der Waals surface area contributed by atoms with Crippen molar-refractivity contribution in [2.45, 2.75) is 39.3 Å². The van der Waals surface area contributed by atoms with Crippen LogP contribution in [0.15, 0.2) is 23.2 Å². The Kier molecular flexibility index (Phi) is 11.7. The van der Waals surface area contributed by atoms with Gasteiger partial charge in [0.05, 0.1) is 13.2 Å². The van der Waals surface area contributed by atoms with E-state index in [9.17, 15) is 0 Å². The fraction of sp³-hybridized carbons (Fsp3) is 0.650. The van der Waals surface area contributed by atoms with E-state index in [0.29, 0.717) is 19.2 Å². The van der Waals surface area contributed by atoms with Gasteiger partial charge in [-0.25, -0.2) is 0 Å². The van der Waals surface area contributed by atoms with Crippen LogP contribution in [0.2, 0.25) is 0 Å². The smallest absolute Gasteiger partial charge is 0.191 e. The number of hydrogen-bond acceptors (Lipinski definition) is 4. The number of likely N-dealkylation sites (tertiary alicyclic amines) is 1. The zero-order valence-corrected chi connectivity index (χ0v) is 19.4. The molecule has 27 heavy (non-hydrogen) atoms. The van der Waals surface area contributed by atoms with E-state index < -0.39 is 0 Å². The molecule has 1 heterocycles. The van der Waals surface area contributed by atoms with Gasteiger partial charge >= 0.3 is 0 Å². The maximum atomic E-state index is 5.76. The molecule has 6 nitrogen and oxygen atoms in total. The molecule has 1 aromatic carbocycles. The molecular weight excluding hydrogens is 455 g/mol. The molecule has 1 unspecified atom stereocenters. The van der Waals surface area contributed by atoms with Gasteiger partial charge in [-0.3, -0.25) is 9.89 Å². The van der Waals surface area contributed by atoms with E-state index in [1.54, 1.807) is 7.11 Å². The molecule has 1 aromatic rings. The maximum Gasteiger partial charge on any atom is 0.191 e. The van der Waals surface area contributed by atoms with Crippen LogP contribution in [0, 0.1) is 6.92 Å². The number of halogens is 1. The van der Waals surface area contributed by atoms with Crippen molar-refractivity contribution < 1.29 is 9.47 Å². The summed E-state index contributed by atoms with van der Waals surface area (Å²) in [4.78, 5) is 6.85. The monoisotopic (exact) mass is 490 g/mol. The van der Waals surface area contributed by atoms with E-state index in [1.807, 2.05) is 14.0 Å². The molecule has 0 bridgehead atoms. The third-order valence-corrected chi connectivity index (χ3v) is 4.78. The van der Waals surface area contributed by atoms with Crippen molar-refractivity contribution in [1.82, 2.24) is 15.5 Å². The van der Waals surface area contributed by atoms with Crippen molar-refractivity contribution >= 4 is 29.9 Å². The molecular formula is C20H35IN4O2. The minimum atomic E-state index is 0. The van der Waals surface area contributed by atoms with E-state index in [0.717, 1.165) is 43.5 Å². The fourth-order valence-corrected chi connectivity index (χ4v) is 3.34. The van der Waals surface area contributed by atoms with Crippen LogP contribution in [0.4, 0.5) is 0 Å². The molecule has 1 aliphatic heterocycles. The van der Waals surface area contributed by atoms with Crippen molar-refractivity contribution in [1.29, 1.82) is 0 Å². The Morgan fingerprint density at radius 3 is 2.85 bits per heavy atom. The van der Waals surface area contributed by atoms with Gasteiger partial charge in [0, 0.05) is 45.4 Å². The second-order valence-corrected chi connectivity index (χ2v) is 6.68. The highest BCUT2D eigenvalue weighted by Crippen LogP contribution is 2.20. The number of aliphatic imine (C=N–C) groups is 1. The minimum absolute atomic E-state index is 0. The molecule has 1 saturated heterocycles. The van der Waals surface area contributed by atoms with E-state index in [2.05, 4.69) is 45.6 Å². The molecule has 0 amide bonds. The molecule has 1 fully saturated rings. The summed E-state index contributed by atoms with van der Waals surface area (Å²) in [6, 6.07) is 6.86. The van der Waals surface area contributed by atoms with Crippen LogP contribution in [0.25, 0.3) is 0 Å². The third-order valence-electron chi connectivity index (χ3n) is 4.78. The number of guanidine groups is 1. The van der Waals surface area contributed by atoms with Crippen molar-refractivity contribution in [3.63, 3.8) is 0 Å². The summed E-state index contributed by atoms with van der Waals surface area (Å²) >= 11 is 0. The second kappa shape index (κ2) is 13.2. The van der Waals surface area contributed by atoms with Gasteiger partial charge in [-0.2, -0.15) is 0 Å². The number of nitrogens with one attached hydrogen (secondary N) is 2. The second-order valence-electron chi connectivity index (χ2n) is 6.68. The molecule has 1 aliphatic rings. The molecule has 0 spiro atoms. The fourth-order valence-electron chi connectivity index (χ4n) is 3.34. The zero-order chi connectivity index (χ0) is 18.8. The molecule has 0 aromatic heterocycles. The summed E-state index contributed by atoms with van der Waals surface area (Å²) in [7, 11) is 3.57. The first-order valence-electron chi connectivity index (χ1n) is 9.57. The number of aryl methyl sites for hydroxylation is 1. The van der Waals surface area contributed by atoms with Crippen molar-refractivity contribution in [2.75, 3.05) is 47.0 Å². The first-order chi connectivity index (χ1) is 12.7. The minimum Gasteiger partial charge on any atom is -0.494 e. The van der Waals surface area contributed by atoms with E-state index in [1.165, 1.54) is 18.4 Å². The van der Waals surface area contributed by atoms with Crippen molar-refractivity contribution in [3.8, 4) is 5.75 Å². The lowest BCUT2D eigenvalue weighted by atomic mass is 10.1. The zero-order valence-electron chi connectivity index (χ0n) is 17.1. The average molecular weight is 490 g/mol. The topological polar surface area (TPSA) is 58.1 Å². The van der Waals surface area contributed by atoms with Crippen LogP contribution >= 0.6 is 24.0 Å². The summed E-state index contributed by atoms with van der Waals surface area (Å²) < 4.78 is 11.0. The predicted molar refractivity (Wildman–Crippen MR) is 122 cm³/mol. The van der Waals surface area contributed by atoms with Crippen LogP contribution in [-0.4, -0.2) is 63.9 Å². The largest absolute Gasteiger partial charge is 0.494 e. The average Bonchev–Trinajstić information content (AvgIpc) is 3.09. The lowest BCUT2D eigenvalue weighted by Gasteiger charge is -2.25. The predicted octanol–water partition coefficient (Wildman–Crippen LogP) is 2.79. The van der Waals surface area contributed by atoms with Crippen LogP contribution < -0.4 is 15.4 Å². The van der Waals surface area contributed by atoms with Gasteiger partial charge in [0.25, 0.3) is 0 Å². The van der Waals surface area contributed by atoms with Crippen molar-refractivity contribution in [2.24, 2.45) is 4.99 Å². The highest BCUT2D eigenvalue weighted by molar-refractivity contribution is 14.0. The summed E-state index contributed by atoms with van der Waals surface area (Å²) in [5.41, 5.74) is 2.35. The lowest BCUT2D eigenvalue weighted by Crippen LogP contribution is -2.45. The standard InChI is InChI=1S/C20H34N4O2.HI/c1-5-26-19-13-16(2)8-9-17(19)14-22-20(21-3)23-15-18-7-6-10-24(18)11-12-25-4;/h8-9,13,18H,5-7,10-12,14-15H2,1-4H3,(H2,21,22,23);1H. The summed E-state index contributed by atoms with van der Waals surface area (Å²) in [5.74, 6) is 1.77. The first kappa shape index (κ1) is 24.0. The molecule has 0 saturated carbocycles. The Labute approximate surface area is 181 Å². The van der Waals surface area contributed by atoms with E-state index in [-0.39, 0.29) is 24.0 Å². The van der Waals surface area contributed by atoms with E-state index >= 15 is 0 Å². The van der Waals surface area contributed by atoms with Gasteiger partial charge in [0.1, 0.15) is 5.75 Å². The SMILES string of the molecule is CCOc1cc(C)ccc1CNC(=NC)NCC1CCCN1CCOC.I. The number of methoxy groups -OCH3 is 1. The number of benzene rings is 1. The van der Waals surface area contributed by atoms with Gasteiger partial charge in [-0.1, -0.05) is 12.1 Å². The molecule has 0 radical (unpaired) electrons. The Hall–Kier alpha value is -1.06. The quantitative estimate of drug-likeness (QED) is 0.317. The van der Waals surface area contributed by atoms with E-state index in [4.69, 9.17) is 9.47 Å². The van der Waals surface area contributed by atoms with Crippen LogP contribution in [0.3, 0.4) is 0 Å². The summed E-state index contributed by atoms with van der Waals surface area (Å²) in [6.07, 6.45) is 2.48. The van der Waals surface area contributed by atoms with Crippen molar-refractivity contribution in [3.05, 3.63) is 29.3 Å².